The number of rotatable bonds is 8. The summed E-state index contributed by atoms with van der Waals surface area (Å²) < 4.78 is 8.73. The molecule has 0 radical (unpaired) electrons. The van der Waals surface area contributed by atoms with Crippen LogP contribution in [0.1, 0.15) is 58.3 Å². The minimum Gasteiger partial charge on any atom is -0.455 e. The van der Waals surface area contributed by atoms with Crippen LogP contribution in [-0.4, -0.2) is 57.9 Å². The molecule has 1 amide bonds. The number of carbonyl (C=O) groups is 2. The summed E-state index contributed by atoms with van der Waals surface area (Å²) >= 11 is 1.45. The van der Waals surface area contributed by atoms with Crippen molar-refractivity contribution in [3.05, 3.63) is 119 Å². The number of amides is 1. The number of nitrogens with one attached hydrogen (secondary N) is 1. The van der Waals surface area contributed by atoms with E-state index in [0.29, 0.717) is 41.7 Å². The Morgan fingerprint density at radius 2 is 1.76 bits per heavy atom. The van der Waals surface area contributed by atoms with Crippen molar-refractivity contribution in [3.63, 3.8) is 0 Å². The predicted molar refractivity (Wildman–Crippen MR) is 199 cm³/mol. The molecule has 0 unspecified atom stereocenters. The summed E-state index contributed by atoms with van der Waals surface area (Å²) in [7, 11) is 4.04. The van der Waals surface area contributed by atoms with Gasteiger partial charge < -0.3 is 14.5 Å². The second-order valence-electron chi connectivity index (χ2n) is 13.6. The highest BCUT2D eigenvalue weighted by molar-refractivity contribution is 7.22. The van der Waals surface area contributed by atoms with Crippen LogP contribution in [0.4, 0.5) is 16.6 Å². The molecule has 4 heterocycles. The smallest absolute Gasteiger partial charge is 0.358 e. The van der Waals surface area contributed by atoms with E-state index in [1.54, 1.807) is 6.20 Å². The molecular weight excluding hydrogens is 647 g/mol. The van der Waals surface area contributed by atoms with Crippen molar-refractivity contribution in [1.82, 2.24) is 19.7 Å². The highest BCUT2D eigenvalue weighted by atomic mass is 32.1. The highest BCUT2D eigenvalue weighted by Gasteiger charge is 2.27. The molecule has 6 aromatic rings. The maximum Gasteiger partial charge on any atom is 0.358 e. The minimum absolute atomic E-state index is 0.203. The number of hydrogen-bond acceptors (Lipinski definition) is 9. The van der Waals surface area contributed by atoms with Crippen molar-refractivity contribution in [1.29, 1.82) is 0 Å². The van der Waals surface area contributed by atoms with Gasteiger partial charge in [0.15, 0.2) is 10.8 Å². The standard InChI is InChI=1S/C39H39N7O3S/c1-39(2,3)49-37(48)35-28(27-21-40-46(23-27)22-26-11-6-8-15-32(26)44(4)5)17-18-34(42-35)45-20-19-25-12-10-13-29(30(25)24-45)36(47)43-38-41-31-14-7-9-16-33(31)50-38/h6-18,21,23H,19-20,22,24H2,1-5H3,(H,41,43,47). The van der Waals surface area contributed by atoms with E-state index in [2.05, 4.69) is 43.4 Å². The van der Waals surface area contributed by atoms with Crippen molar-refractivity contribution in [2.75, 3.05) is 35.8 Å². The van der Waals surface area contributed by atoms with Crippen LogP contribution in [0.3, 0.4) is 0 Å². The van der Waals surface area contributed by atoms with Crippen LogP contribution in [-0.2, 0) is 24.2 Å². The molecular formula is C39H39N7O3S. The SMILES string of the molecule is CN(C)c1ccccc1Cn1cc(-c2ccc(N3CCc4cccc(C(=O)Nc5nc6ccccc6s5)c4C3)nc2C(=O)OC(C)(C)C)cn1. The molecule has 0 fully saturated rings. The van der Waals surface area contributed by atoms with Gasteiger partial charge in [-0.2, -0.15) is 5.10 Å². The summed E-state index contributed by atoms with van der Waals surface area (Å²) in [6.07, 6.45) is 4.42. The molecule has 3 aromatic carbocycles. The van der Waals surface area contributed by atoms with E-state index in [1.165, 1.54) is 11.3 Å². The molecule has 7 rings (SSSR count). The van der Waals surface area contributed by atoms with Gasteiger partial charge in [-0.25, -0.2) is 14.8 Å². The molecule has 0 saturated carbocycles. The lowest BCUT2D eigenvalue weighted by Crippen LogP contribution is -2.33. The molecule has 1 N–H and O–H groups in total. The Morgan fingerprint density at radius 1 is 0.960 bits per heavy atom. The first-order valence-corrected chi connectivity index (χ1v) is 17.4. The molecule has 0 bridgehead atoms. The summed E-state index contributed by atoms with van der Waals surface area (Å²) in [6, 6.07) is 25.7. The third-order valence-electron chi connectivity index (χ3n) is 8.58. The van der Waals surface area contributed by atoms with Crippen molar-refractivity contribution < 1.29 is 14.3 Å². The van der Waals surface area contributed by atoms with Crippen LogP contribution < -0.4 is 15.1 Å². The van der Waals surface area contributed by atoms with Gasteiger partial charge in [-0.05, 0) is 80.3 Å². The third kappa shape index (κ3) is 6.95. The summed E-state index contributed by atoms with van der Waals surface area (Å²) in [6.45, 7) is 7.25. The number of fused-ring (bicyclic) bond motifs is 2. The molecule has 0 saturated heterocycles. The van der Waals surface area contributed by atoms with Crippen LogP contribution in [0, 0.1) is 0 Å². The quantitative estimate of drug-likeness (QED) is 0.165. The zero-order valence-corrected chi connectivity index (χ0v) is 29.6. The van der Waals surface area contributed by atoms with Gasteiger partial charge >= 0.3 is 5.97 Å². The molecule has 0 aliphatic carbocycles. The molecule has 11 heteroatoms. The van der Waals surface area contributed by atoms with Gasteiger partial charge in [0.05, 0.1) is 23.0 Å². The van der Waals surface area contributed by atoms with Crippen molar-refractivity contribution in [2.24, 2.45) is 0 Å². The molecule has 1 aliphatic rings. The Kier molecular flexibility index (Phi) is 8.83. The Labute approximate surface area is 295 Å². The lowest BCUT2D eigenvalue weighted by atomic mass is 9.94. The lowest BCUT2D eigenvalue weighted by molar-refractivity contribution is 0.00638. The summed E-state index contributed by atoms with van der Waals surface area (Å²) in [5.41, 5.74) is 6.67. The number of thiazole rings is 1. The first-order chi connectivity index (χ1) is 24.0. The van der Waals surface area contributed by atoms with Crippen LogP contribution in [0.25, 0.3) is 21.3 Å². The number of para-hydroxylation sites is 2. The molecule has 10 nitrogen and oxygen atoms in total. The first-order valence-electron chi connectivity index (χ1n) is 16.6. The fourth-order valence-electron chi connectivity index (χ4n) is 6.26. The van der Waals surface area contributed by atoms with E-state index in [4.69, 9.17) is 9.72 Å². The zero-order chi connectivity index (χ0) is 35.0. The highest BCUT2D eigenvalue weighted by Crippen LogP contribution is 2.32. The van der Waals surface area contributed by atoms with Crippen LogP contribution in [0.2, 0.25) is 0 Å². The Morgan fingerprint density at radius 3 is 2.56 bits per heavy atom. The van der Waals surface area contributed by atoms with Crippen LogP contribution in [0.5, 0.6) is 0 Å². The van der Waals surface area contributed by atoms with Gasteiger partial charge in [0, 0.05) is 55.8 Å². The fourth-order valence-corrected chi connectivity index (χ4v) is 7.12. The van der Waals surface area contributed by atoms with Crippen molar-refractivity contribution >= 4 is 50.1 Å². The fraction of sp³-hybridized carbons (Fsp3) is 0.256. The Bertz CT molecular complexity index is 2180. The Balaban J connectivity index is 1.17. The van der Waals surface area contributed by atoms with Gasteiger partial charge in [0.1, 0.15) is 11.4 Å². The summed E-state index contributed by atoms with van der Waals surface area (Å²) in [4.78, 5) is 41.0. The van der Waals surface area contributed by atoms with Gasteiger partial charge in [-0.1, -0.05) is 53.8 Å². The second kappa shape index (κ2) is 13.4. The molecule has 1 aliphatic heterocycles. The van der Waals surface area contributed by atoms with Crippen LogP contribution >= 0.6 is 11.3 Å². The minimum atomic E-state index is -0.707. The van der Waals surface area contributed by atoms with Crippen molar-refractivity contribution in [3.8, 4) is 11.1 Å². The second-order valence-corrected chi connectivity index (χ2v) is 14.6. The van der Waals surface area contributed by atoms with E-state index in [0.717, 1.165) is 44.6 Å². The molecule has 0 spiro atoms. The number of ether oxygens (including phenoxy) is 1. The van der Waals surface area contributed by atoms with Crippen LogP contribution in [0.15, 0.2) is 91.3 Å². The monoisotopic (exact) mass is 685 g/mol. The lowest BCUT2D eigenvalue weighted by Gasteiger charge is -2.31. The number of aromatic nitrogens is 4. The van der Waals surface area contributed by atoms with E-state index >= 15 is 0 Å². The third-order valence-corrected chi connectivity index (χ3v) is 9.53. The number of benzene rings is 3. The zero-order valence-electron chi connectivity index (χ0n) is 28.8. The van der Waals surface area contributed by atoms with Crippen molar-refractivity contribution in [2.45, 2.75) is 45.9 Å². The number of carbonyl (C=O) groups excluding carboxylic acids is 2. The number of anilines is 3. The van der Waals surface area contributed by atoms with E-state index < -0.39 is 11.6 Å². The molecule has 254 valence electrons. The number of pyridine rings is 1. The average molecular weight is 686 g/mol. The topological polar surface area (TPSA) is 105 Å². The predicted octanol–water partition coefficient (Wildman–Crippen LogP) is 7.44. The maximum atomic E-state index is 13.7. The van der Waals surface area contributed by atoms with Gasteiger partial charge in [-0.15, -0.1) is 0 Å². The number of hydrogen-bond donors (Lipinski definition) is 1. The first kappa shape index (κ1) is 33.0. The molecule has 50 heavy (non-hydrogen) atoms. The Hall–Kier alpha value is -5.55. The van der Waals surface area contributed by atoms with Gasteiger partial charge in [0.2, 0.25) is 0 Å². The maximum absolute atomic E-state index is 13.7. The van der Waals surface area contributed by atoms with Gasteiger partial charge in [0.25, 0.3) is 5.91 Å². The van der Waals surface area contributed by atoms with E-state index in [1.807, 2.05) is 106 Å². The molecule has 0 atom stereocenters. The largest absolute Gasteiger partial charge is 0.455 e. The average Bonchev–Trinajstić information content (AvgIpc) is 3.73. The van der Waals surface area contributed by atoms with Gasteiger partial charge in [-0.3, -0.25) is 14.8 Å². The van der Waals surface area contributed by atoms with E-state index in [-0.39, 0.29) is 11.6 Å². The normalized spacial score (nSPS) is 12.9. The summed E-state index contributed by atoms with van der Waals surface area (Å²) in [5.74, 6) is -0.0759. The number of esters is 1. The summed E-state index contributed by atoms with van der Waals surface area (Å²) in [5, 5.41) is 8.21. The molecule has 3 aromatic heterocycles. The van der Waals surface area contributed by atoms with E-state index in [9.17, 15) is 9.59 Å². The number of nitrogens with zero attached hydrogens (tertiary/aromatic N) is 6.